The fourth-order valence-electron chi connectivity index (χ4n) is 2.35. The van der Waals surface area contributed by atoms with Crippen LogP contribution in [-0.2, 0) is 0 Å². The van der Waals surface area contributed by atoms with Crippen LogP contribution in [0.1, 0.15) is 0 Å². The van der Waals surface area contributed by atoms with Gasteiger partial charge in [0, 0.05) is 0 Å². The number of nitrogens with zero attached hydrogens (tertiary/aromatic N) is 2. The number of para-hydroxylation sites is 1. The molecule has 0 radical (unpaired) electrons. The molecule has 0 bridgehead atoms. The highest BCUT2D eigenvalue weighted by molar-refractivity contribution is 6.35. The number of hydrogen-bond donors (Lipinski definition) is 0. The summed E-state index contributed by atoms with van der Waals surface area (Å²) in [5.74, 6) is 0. The highest BCUT2D eigenvalue weighted by Crippen LogP contribution is 2.25. The van der Waals surface area contributed by atoms with Gasteiger partial charge < -0.3 is 0 Å². The van der Waals surface area contributed by atoms with Crippen LogP contribution in [-0.4, -0.2) is 9.97 Å². The average Bonchev–Trinajstić information content (AvgIpc) is 2.44. The number of aromatic nitrogens is 2. The maximum atomic E-state index is 6.17. The Balaban J connectivity index is 2.20. The van der Waals surface area contributed by atoms with Gasteiger partial charge in [0.2, 0.25) is 0 Å². The quantitative estimate of drug-likeness (QED) is 0.434. The largest absolute Gasteiger partial charge is 0.244 e. The van der Waals surface area contributed by atoms with Crippen LogP contribution in [0.25, 0.3) is 32.8 Å². The molecule has 3 aromatic carbocycles. The predicted molar refractivity (Wildman–Crippen MR) is 79.6 cm³/mol. The van der Waals surface area contributed by atoms with Gasteiger partial charge in [-0.3, -0.25) is 0 Å². The average molecular weight is 265 g/mol. The van der Waals surface area contributed by atoms with Crippen LogP contribution in [0.5, 0.6) is 0 Å². The van der Waals surface area contributed by atoms with Crippen molar-refractivity contribution >= 4 is 44.4 Å². The Bertz CT molecular complexity index is 931. The molecule has 0 amide bonds. The van der Waals surface area contributed by atoms with Crippen molar-refractivity contribution in [3.8, 4) is 0 Å². The summed E-state index contributed by atoms with van der Waals surface area (Å²) in [5.41, 5.74) is 3.36. The molecule has 4 rings (SSSR count). The highest BCUT2D eigenvalue weighted by Gasteiger charge is 2.05. The Kier molecular flexibility index (Phi) is 2.20. The Morgan fingerprint density at radius 2 is 1.37 bits per heavy atom. The van der Waals surface area contributed by atoms with Crippen LogP contribution in [0.3, 0.4) is 0 Å². The van der Waals surface area contributed by atoms with E-state index < -0.39 is 0 Å². The summed E-state index contributed by atoms with van der Waals surface area (Å²) in [7, 11) is 0. The summed E-state index contributed by atoms with van der Waals surface area (Å²) >= 11 is 6.17. The van der Waals surface area contributed by atoms with E-state index in [0.29, 0.717) is 5.02 Å². The predicted octanol–water partition coefficient (Wildman–Crippen LogP) is 4.59. The molecule has 1 heterocycles. The normalized spacial score (nSPS) is 11.4. The molecule has 0 aliphatic carbocycles. The van der Waals surface area contributed by atoms with Gasteiger partial charge in [0.05, 0.1) is 21.6 Å². The zero-order valence-corrected chi connectivity index (χ0v) is 10.7. The topological polar surface area (TPSA) is 25.8 Å². The smallest absolute Gasteiger partial charge is 0.108 e. The molecule has 4 aromatic rings. The number of fused-ring (bicyclic) bond motifs is 3. The van der Waals surface area contributed by atoms with Gasteiger partial charge in [-0.25, -0.2) is 9.97 Å². The Morgan fingerprint density at radius 3 is 2.11 bits per heavy atom. The van der Waals surface area contributed by atoms with Crippen molar-refractivity contribution in [1.29, 1.82) is 0 Å². The first-order valence-corrected chi connectivity index (χ1v) is 6.44. The number of hydrogen-bond acceptors (Lipinski definition) is 2. The zero-order valence-electron chi connectivity index (χ0n) is 9.97. The molecule has 0 saturated carbocycles. The monoisotopic (exact) mass is 264 g/mol. The van der Waals surface area contributed by atoms with Gasteiger partial charge in [-0.05, 0) is 35.0 Å². The second-order valence-electron chi connectivity index (χ2n) is 4.52. The molecule has 0 aliphatic heterocycles. The van der Waals surface area contributed by atoms with Crippen LogP contribution in [0.2, 0.25) is 5.02 Å². The van der Waals surface area contributed by atoms with E-state index >= 15 is 0 Å². The minimum absolute atomic E-state index is 0.639. The second kappa shape index (κ2) is 3.90. The summed E-state index contributed by atoms with van der Waals surface area (Å²) < 4.78 is 0. The molecule has 1 aromatic heterocycles. The van der Waals surface area contributed by atoms with Crippen molar-refractivity contribution in [2.45, 2.75) is 0 Å². The highest BCUT2D eigenvalue weighted by atomic mass is 35.5. The fourth-order valence-corrected chi connectivity index (χ4v) is 2.56. The molecule has 0 aliphatic rings. The fraction of sp³-hybridized carbons (Fsp3) is 0. The first-order chi connectivity index (χ1) is 9.31. The molecule has 0 spiro atoms. The van der Waals surface area contributed by atoms with Gasteiger partial charge in [-0.2, -0.15) is 0 Å². The van der Waals surface area contributed by atoms with Gasteiger partial charge >= 0.3 is 0 Å². The standard InChI is InChI=1S/C16H9ClN2/c17-12-6-3-7-13-16(12)19-15-9-11-5-2-1-4-10(11)8-14(15)18-13/h1-9H. The summed E-state index contributed by atoms with van der Waals surface area (Å²) in [6.45, 7) is 0. The Labute approximate surface area is 114 Å². The third kappa shape index (κ3) is 1.65. The Morgan fingerprint density at radius 1 is 0.684 bits per heavy atom. The van der Waals surface area contributed by atoms with E-state index in [1.165, 1.54) is 5.39 Å². The lowest BCUT2D eigenvalue weighted by Gasteiger charge is -2.04. The van der Waals surface area contributed by atoms with Crippen LogP contribution < -0.4 is 0 Å². The summed E-state index contributed by atoms with van der Waals surface area (Å²) in [6, 6.07) is 18.0. The molecule has 90 valence electrons. The summed E-state index contributed by atoms with van der Waals surface area (Å²) in [5, 5.41) is 2.97. The zero-order chi connectivity index (χ0) is 12.8. The van der Waals surface area contributed by atoms with Gasteiger partial charge in [-0.15, -0.1) is 0 Å². The first kappa shape index (κ1) is 10.7. The van der Waals surface area contributed by atoms with Crippen molar-refractivity contribution in [2.24, 2.45) is 0 Å². The molecule has 2 nitrogen and oxygen atoms in total. The molecular formula is C16H9ClN2. The molecule has 0 atom stereocenters. The number of rotatable bonds is 0. The molecule has 0 saturated heterocycles. The summed E-state index contributed by atoms with van der Waals surface area (Å²) in [6.07, 6.45) is 0. The first-order valence-electron chi connectivity index (χ1n) is 6.06. The van der Waals surface area contributed by atoms with Crippen molar-refractivity contribution in [1.82, 2.24) is 9.97 Å². The third-order valence-corrected chi connectivity index (χ3v) is 3.59. The number of halogens is 1. The van der Waals surface area contributed by atoms with E-state index in [9.17, 15) is 0 Å². The van der Waals surface area contributed by atoms with Gasteiger partial charge in [0.25, 0.3) is 0 Å². The number of benzene rings is 3. The van der Waals surface area contributed by atoms with E-state index in [1.807, 2.05) is 30.3 Å². The molecule has 0 fully saturated rings. The van der Waals surface area contributed by atoms with Crippen LogP contribution in [0, 0.1) is 0 Å². The van der Waals surface area contributed by atoms with Gasteiger partial charge in [-0.1, -0.05) is 41.9 Å². The lowest BCUT2D eigenvalue weighted by Crippen LogP contribution is -1.88. The molecule has 0 unspecified atom stereocenters. The minimum atomic E-state index is 0.639. The second-order valence-corrected chi connectivity index (χ2v) is 4.93. The molecule has 3 heteroatoms. The van der Waals surface area contributed by atoms with E-state index in [-0.39, 0.29) is 0 Å². The minimum Gasteiger partial charge on any atom is -0.244 e. The van der Waals surface area contributed by atoms with Crippen LogP contribution in [0.15, 0.2) is 54.6 Å². The van der Waals surface area contributed by atoms with E-state index in [4.69, 9.17) is 11.6 Å². The van der Waals surface area contributed by atoms with Crippen molar-refractivity contribution < 1.29 is 0 Å². The van der Waals surface area contributed by atoms with Crippen molar-refractivity contribution in [3.05, 3.63) is 59.6 Å². The maximum Gasteiger partial charge on any atom is 0.108 e. The lowest BCUT2D eigenvalue weighted by atomic mass is 10.1. The van der Waals surface area contributed by atoms with E-state index in [1.54, 1.807) is 0 Å². The van der Waals surface area contributed by atoms with Gasteiger partial charge in [0.1, 0.15) is 5.52 Å². The SMILES string of the molecule is Clc1cccc2nc3cc4ccccc4cc3nc12. The van der Waals surface area contributed by atoms with Crippen molar-refractivity contribution in [2.75, 3.05) is 0 Å². The molecular weight excluding hydrogens is 256 g/mol. The van der Waals surface area contributed by atoms with Crippen molar-refractivity contribution in [3.63, 3.8) is 0 Å². The van der Waals surface area contributed by atoms with Gasteiger partial charge in [0.15, 0.2) is 0 Å². The van der Waals surface area contributed by atoms with E-state index in [2.05, 4.69) is 34.2 Å². The molecule has 0 N–H and O–H groups in total. The summed E-state index contributed by atoms with van der Waals surface area (Å²) in [4.78, 5) is 9.27. The molecule has 19 heavy (non-hydrogen) atoms. The third-order valence-electron chi connectivity index (χ3n) is 3.28. The van der Waals surface area contributed by atoms with Crippen LogP contribution >= 0.6 is 11.6 Å². The Hall–Kier alpha value is -2.19. The maximum absolute atomic E-state index is 6.17. The lowest BCUT2D eigenvalue weighted by molar-refractivity contribution is 1.40. The van der Waals surface area contributed by atoms with Crippen LogP contribution in [0.4, 0.5) is 0 Å². The van der Waals surface area contributed by atoms with E-state index in [0.717, 1.165) is 27.5 Å².